The maximum atomic E-state index is 7.89. The molecule has 0 amide bonds. The van der Waals surface area contributed by atoms with Crippen molar-refractivity contribution < 1.29 is 0 Å². The van der Waals surface area contributed by atoms with E-state index >= 15 is 0 Å². The van der Waals surface area contributed by atoms with Crippen LogP contribution in [0.2, 0.25) is 0 Å². The summed E-state index contributed by atoms with van der Waals surface area (Å²) in [6, 6.07) is 54.1. The molecule has 7 aromatic carbocycles. The van der Waals surface area contributed by atoms with Crippen LogP contribution in [0.4, 0.5) is 45.5 Å². The summed E-state index contributed by atoms with van der Waals surface area (Å²) in [5.74, 6) is 0. The van der Waals surface area contributed by atoms with Gasteiger partial charge in [0.2, 0.25) is 11.4 Å². The van der Waals surface area contributed by atoms with E-state index in [1.165, 1.54) is 27.6 Å². The second kappa shape index (κ2) is 11.9. The molecule has 0 saturated heterocycles. The minimum Gasteiger partial charge on any atom is -0.320 e. The fourth-order valence-corrected chi connectivity index (χ4v) is 7.24. The highest BCUT2D eigenvalue weighted by molar-refractivity contribution is 5.98. The highest BCUT2D eigenvalue weighted by atomic mass is 15.2. The third kappa shape index (κ3) is 4.99. The van der Waals surface area contributed by atoms with Crippen LogP contribution in [0.3, 0.4) is 0 Å². The van der Waals surface area contributed by atoms with E-state index < -0.39 is 0 Å². The normalized spacial score (nSPS) is 12.4. The minimum atomic E-state index is -0.262. The van der Waals surface area contributed by atoms with Crippen LogP contribution in [0, 0.1) is 13.1 Å². The molecule has 7 aromatic rings. The fraction of sp³-hybridized carbons (Fsp3) is 0.0667. The van der Waals surface area contributed by atoms with Crippen LogP contribution in [0.15, 0.2) is 158 Å². The van der Waals surface area contributed by atoms with E-state index in [1.54, 1.807) is 0 Å². The molecule has 0 aromatic heterocycles. The van der Waals surface area contributed by atoms with Crippen LogP contribution in [0.5, 0.6) is 0 Å². The van der Waals surface area contributed by atoms with E-state index in [1.807, 2.05) is 84.9 Å². The molecule has 0 spiro atoms. The largest absolute Gasteiger partial charge is 0.320 e. The van der Waals surface area contributed by atoms with Gasteiger partial charge in [0.05, 0.1) is 24.5 Å². The summed E-state index contributed by atoms with van der Waals surface area (Å²) in [6.07, 6.45) is 0. The lowest BCUT2D eigenvalue weighted by molar-refractivity contribution is 0.661. The molecule has 0 radical (unpaired) electrons. The predicted molar refractivity (Wildman–Crippen MR) is 203 cm³/mol. The van der Waals surface area contributed by atoms with E-state index in [9.17, 15) is 0 Å². The summed E-state index contributed by atoms with van der Waals surface area (Å²) in [5, 5.41) is 2.31. The van der Waals surface area contributed by atoms with Crippen molar-refractivity contribution in [3.05, 3.63) is 192 Å². The van der Waals surface area contributed by atoms with Crippen molar-refractivity contribution >= 4 is 56.3 Å². The van der Waals surface area contributed by atoms with Crippen LogP contribution < -0.4 is 9.80 Å². The fourth-order valence-electron chi connectivity index (χ4n) is 7.24. The van der Waals surface area contributed by atoms with Crippen molar-refractivity contribution in [2.45, 2.75) is 19.3 Å². The molecule has 1 aliphatic rings. The van der Waals surface area contributed by atoms with Crippen LogP contribution in [-0.4, -0.2) is 0 Å². The number of nitrogens with zero attached hydrogens (tertiary/aromatic N) is 4. The van der Waals surface area contributed by atoms with Crippen molar-refractivity contribution in [2.75, 3.05) is 9.80 Å². The average Bonchev–Trinajstić information content (AvgIpc) is 3.37. The first-order valence-corrected chi connectivity index (χ1v) is 16.3. The standard InChI is InChI=1S/C45H32N4/c1-45(2)39-29-32-27-35(48(33-15-7-5-8-16-33)43-21-13-11-19-41(43)46-3)24-23-31(32)28-38(39)37-26-25-36(30-40(37)45)49(34-17-9-6-10-18-34)44-22-14-12-20-42(44)47-4/h5-30H,1-2H3. The maximum Gasteiger partial charge on any atom is 0.210 e. The third-order valence-corrected chi connectivity index (χ3v) is 9.63. The number of hydrogen-bond donors (Lipinski definition) is 0. The number of anilines is 6. The molecule has 4 heteroatoms. The number of para-hydroxylation sites is 6. The third-order valence-electron chi connectivity index (χ3n) is 9.63. The smallest absolute Gasteiger partial charge is 0.210 e. The van der Waals surface area contributed by atoms with Gasteiger partial charge in [0.15, 0.2) is 0 Å². The molecule has 0 unspecified atom stereocenters. The molecular formula is C45H32N4. The van der Waals surface area contributed by atoms with Crippen molar-refractivity contribution in [3.8, 4) is 11.1 Å². The van der Waals surface area contributed by atoms with Gasteiger partial charge in [-0.05, 0) is 106 Å². The van der Waals surface area contributed by atoms with Gasteiger partial charge in [-0.25, -0.2) is 9.69 Å². The molecule has 49 heavy (non-hydrogen) atoms. The van der Waals surface area contributed by atoms with Gasteiger partial charge in [-0.3, -0.25) is 0 Å². The molecule has 0 atom stereocenters. The average molecular weight is 629 g/mol. The Morgan fingerprint density at radius 3 is 1.49 bits per heavy atom. The van der Waals surface area contributed by atoms with Crippen LogP contribution in [-0.2, 0) is 5.41 Å². The van der Waals surface area contributed by atoms with Gasteiger partial charge in [0, 0.05) is 28.2 Å². The van der Waals surface area contributed by atoms with Gasteiger partial charge in [0.1, 0.15) is 0 Å². The summed E-state index contributed by atoms with van der Waals surface area (Å²) >= 11 is 0. The highest BCUT2D eigenvalue weighted by Gasteiger charge is 2.36. The van der Waals surface area contributed by atoms with E-state index in [0.717, 1.165) is 39.5 Å². The topological polar surface area (TPSA) is 15.2 Å². The summed E-state index contributed by atoms with van der Waals surface area (Å²) in [6.45, 7) is 20.4. The molecule has 4 nitrogen and oxygen atoms in total. The van der Waals surface area contributed by atoms with E-state index in [4.69, 9.17) is 13.1 Å². The van der Waals surface area contributed by atoms with Gasteiger partial charge in [-0.15, -0.1) is 0 Å². The highest BCUT2D eigenvalue weighted by Crippen LogP contribution is 2.52. The van der Waals surface area contributed by atoms with Gasteiger partial charge < -0.3 is 9.80 Å². The zero-order valence-corrected chi connectivity index (χ0v) is 27.3. The molecule has 0 heterocycles. The van der Waals surface area contributed by atoms with Crippen LogP contribution >= 0.6 is 0 Å². The number of hydrogen-bond acceptors (Lipinski definition) is 2. The van der Waals surface area contributed by atoms with Crippen LogP contribution in [0.25, 0.3) is 31.6 Å². The Morgan fingerprint density at radius 2 is 0.918 bits per heavy atom. The summed E-state index contributed by atoms with van der Waals surface area (Å²) < 4.78 is 0. The second-order valence-electron chi connectivity index (χ2n) is 12.8. The Morgan fingerprint density at radius 1 is 0.429 bits per heavy atom. The molecule has 8 rings (SSSR count). The van der Waals surface area contributed by atoms with Gasteiger partial charge >= 0.3 is 0 Å². The summed E-state index contributed by atoms with van der Waals surface area (Å²) in [7, 11) is 0. The summed E-state index contributed by atoms with van der Waals surface area (Å²) in [4.78, 5) is 12.1. The lowest BCUT2D eigenvalue weighted by Crippen LogP contribution is -2.16. The van der Waals surface area contributed by atoms with Crippen molar-refractivity contribution in [1.29, 1.82) is 0 Å². The first-order chi connectivity index (χ1) is 24.0. The Hall–Kier alpha value is -6.62. The molecule has 0 fully saturated rings. The Labute approximate surface area is 287 Å². The van der Waals surface area contributed by atoms with Gasteiger partial charge in [-0.1, -0.05) is 98.8 Å². The maximum absolute atomic E-state index is 7.89. The Kier molecular flexibility index (Phi) is 7.21. The van der Waals surface area contributed by atoms with E-state index in [0.29, 0.717) is 11.4 Å². The second-order valence-corrected chi connectivity index (χ2v) is 12.8. The number of rotatable bonds is 6. The van der Waals surface area contributed by atoms with Crippen molar-refractivity contribution in [1.82, 2.24) is 0 Å². The first-order valence-electron chi connectivity index (χ1n) is 16.3. The lowest BCUT2D eigenvalue weighted by Gasteiger charge is -2.29. The number of fused-ring (bicyclic) bond motifs is 4. The van der Waals surface area contributed by atoms with E-state index in [-0.39, 0.29) is 5.41 Å². The first kappa shape index (κ1) is 29.8. The van der Waals surface area contributed by atoms with Crippen LogP contribution in [0.1, 0.15) is 25.0 Å². The van der Waals surface area contributed by atoms with Crippen molar-refractivity contribution in [2.24, 2.45) is 0 Å². The zero-order valence-electron chi connectivity index (χ0n) is 27.3. The molecule has 0 bridgehead atoms. The zero-order chi connectivity index (χ0) is 33.5. The monoisotopic (exact) mass is 628 g/mol. The van der Waals surface area contributed by atoms with Gasteiger partial charge in [-0.2, -0.15) is 0 Å². The predicted octanol–water partition coefficient (Wildman–Crippen LogP) is 13.2. The summed E-state index contributed by atoms with van der Waals surface area (Å²) in [5.41, 5.74) is 11.7. The quantitative estimate of drug-likeness (QED) is 0.170. The minimum absolute atomic E-state index is 0.262. The molecule has 0 N–H and O–H groups in total. The van der Waals surface area contributed by atoms with E-state index in [2.05, 4.69) is 106 Å². The molecule has 0 saturated carbocycles. The molecule has 1 aliphatic carbocycles. The van der Waals surface area contributed by atoms with Gasteiger partial charge in [0.25, 0.3) is 0 Å². The number of benzene rings is 7. The SMILES string of the molecule is [C-]#[N+]c1ccccc1N(c1ccccc1)c1ccc2c(c1)C(C)(C)c1cc3cc(N(c4ccccc4)c4ccccc4[N+]#[C-])ccc3cc1-2. The van der Waals surface area contributed by atoms with Crippen molar-refractivity contribution in [3.63, 3.8) is 0 Å². The Balaban J connectivity index is 1.26. The molecular weight excluding hydrogens is 597 g/mol. The molecule has 232 valence electrons. The lowest BCUT2D eigenvalue weighted by atomic mass is 9.81. The molecule has 0 aliphatic heterocycles. The Bertz CT molecular complexity index is 2450.